The van der Waals surface area contributed by atoms with Crippen LogP contribution in [0.1, 0.15) is 11.4 Å². The SMILES string of the molecule is Cc1c(CCO)nc(-c2cccc(Br)c2)n1C. The number of rotatable bonds is 3. The maximum atomic E-state index is 9.00. The lowest BCUT2D eigenvalue weighted by Crippen LogP contribution is -1.96. The zero-order chi connectivity index (χ0) is 12.4. The number of aliphatic hydroxyl groups is 1. The molecule has 1 aromatic heterocycles. The fourth-order valence-corrected chi connectivity index (χ4v) is 2.26. The second-order valence-electron chi connectivity index (χ2n) is 4.01. The van der Waals surface area contributed by atoms with E-state index in [0.717, 1.165) is 27.2 Å². The summed E-state index contributed by atoms with van der Waals surface area (Å²) in [7, 11) is 2.00. The van der Waals surface area contributed by atoms with Gasteiger partial charge in [-0.3, -0.25) is 0 Å². The van der Waals surface area contributed by atoms with Crippen LogP contribution >= 0.6 is 15.9 Å². The van der Waals surface area contributed by atoms with Crippen molar-refractivity contribution >= 4 is 15.9 Å². The van der Waals surface area contributed by atoms with Gasteiger partial charge in [0, 0.05) is 35.8 Å². The number of aliphatic hydroxyl groups excluding tert-OH is 1. The Balaban J connectivity index is 2.49. The lowest BCUT2D eigenvalue weighted by molar-refractivity contribution is 0.298. The summed E-state index contributed by atoms with van der Waals surface area (Å²) in [6.45, 7) is 2.16. The minimum atomic E-state index is 0.135. The first-order chi connectivity index (χ1) is 8.13. The highest BCUT2D eigenvalue weighted by Gasteiger charge is 2.12. The van der Waals surface area contributed by atoms with Gasteiger partial charge in [0.1, 0.15) is 5.82 Å². The van der Waals surface area contributed by atoms with Crippen molar-refractivity contribution in [1.29, 1.82) is 0 Å². The molecule has 1 aromatic carbocycles. The van der Waals surface area contributed by atoms with Gasteiger partial charge in [0.2, 0.25) is 0 Å². The summed E-state index contributed by atoms with van der Waals surface area (Å²) < 4.78 is 3.10. The van der Waals surface area contributed by atoms with Crippen molar-refractivity contribution in [2.24, 2.45) is 7.05 Å². The van der Waals surface area contributed by atoms with E-state index in [9.17, 15) is 0 Å². The minimum Gasteiger partial charge on any atom is -0.396 e. The maximum absolute atomic E-state index is 9.00. The van der Waals surface area contributed by atoms with Crippen LogP contribution in [0.2, 0.25) is 0 Å². The van der Waals surface area contributed by atoms with Crippen LogP contribution < -0.4 is 0 Å². The first kappa shape index (κ1) is 12.3. The molecule has 90 valence electrons. The van der Waals surface area contributed by atoms with E-state index in [1.165, 1.54) is 0 Å². The quantitative estimate of drug-likeness (QED) is 0.945. The largest absolute Gasteiger partial charge is 0.396 e. The first-order valence-corrected chi connectivity index (χ1v) is 6.31. The van der Waals surface area contributed by atoms with Gasteiger partial charge in [-0.05, 0) is 19.1 Å². The lowest BCUT2D eigenvalue weighted by Gasteiger charge is -2.03. The molecule has 0 aliphatic heterocycles. The Hall–Kier alpha value is -1.13. The second kappa shape index (κ2) is 5.02. The molecule has 2 aromatic rings. The van der Waals surface area contributed by atoms with Crippen LogP contribution in [0.3, 0.4) is 0 Å². The van der Waals surface area contributed by atoms with E-state index in [1.54, 1.807) is 0 Å². The van der Waals surface area contributed by atoms with Crippen molar-refractivity contribution in [3.63, 3.8) is 0 Å². The first-order valence-electron chi connectivity index (χ1n) is 5.52. The van der Waals surface area contributed by atoms with Crippen molar-refractivity contribution in [3.05, 3.63) is 40.1 Å². The Morgan fingerprint density at radius 2 is 2.18 bits per heavy atom. The molecule has 0 aliphatic rings. The van der Waals surface area contributed by atoms with E-state index in [4.69, 9.17) is 5.11 Å². The molecule has 17 heavy (non-hydrogen) atoms. The Morgan fingerprint density at radius 3 is 2.82 bits per heavy atom. The van der Waals surface area contributed by atoms with Gasteiger partial charge in [-0.25, -0.2) is 4.98 Å². The number of hydrogen-bond acceptors (Lipinski definition) is 2. The third-order valence-electron chi connectivity index (χ3n) is 2.91. The molecular weight excluding hydrogens is 280 g/mol. The maximum Gasteiger partial charge on any atom is 0.140 e. The highest BCUT2D eigenvalue weighted by atomic mass is 79.9. The monoisotopic (exact) mass is 294 g/mol. The minimum absolute atomic E-state index is 0.135. The summed E-state index contributed by atoms with van der Waals surface area (Å²) in [6, 6.07) is 8.07. The van der Waals surface area contributed by atoms with Crippen LogP contribution in [0, 0.1) is 6.92 Å². The molecule has 0 unspecified atom stereocenters. The van der Waals surface area contributed by atoms with E-state index in [1.807, 2.05) is 38.2 Å². The fraction of sp³-hybridized carbons (Fsp3) is 0.308. The van der Waals surface area contributed by atoms with Crippen LogP contribution in [0.5, 0.6) is 0 Å². The summed E-state index contributed by atoms with van der Waals surface area (Å²) in [5.41, 5.74) is 3.15. The zero-order valence-electron chi connectivity index (χ0n) is 9.94. The molecule has 2 rings (SSSR count). The fourth-order valence-electron chi connectivity index (χ4n) is 1.86. The van der Waals surface area contributed by atoms with Crippen molar-refractivity contribution in [2.75, 3.05) is 6.61 Å². The molecule has 0 atom stereocenters. The molecule has 0 amide bonds. The van der Waals surface area contributed by atoms with E-state index in [0.29, 0.717) is 6.42 Å². The Morgan fingerprint density at radius 1 is 1.41 bits per heavy atom. The average molecular weight is 295 g/mol. The van der Waals surface area contributed by atoms with Gasteiger partial charge in [-0.1, -0.05) is 28.1 Å². The third-order valence-corrected chi connectivity index (χ3v) is 3.40. The average Bonchev–Trinajstić information content (AvgIpc) is 2.58. The van der Waals surface area contributed by atoms with Crippen molar-refractivity contribution in [1.82, 2.24) is 9.55 Å². The van der Waals surface area contributed by atoms with Gasteiger partial charge in [0.05, 0.1) is 5.69 Å². The summed E-state index contributed by atoms with van der Waals surface area (Å²) in [6.07, 6.45) is 0.605. The van der Waals surface area contributed by atoms with Gasteiger partial charge >= 0.3 is 0 Å². The van der Waals surface area contributed by atoms with Gasteiger partial charge < -0.3 is 9.67 Å². The van der Waals surface area contributed by atoms with Gasteiger partial charge in [-0.2, -0.15) is 0 Å². The van der Waals surface area contributed by atoms with Crippen LogP contribution in [0.4, 0.5) is 0 Å². The summed E-state index contributed by atoms with van der Waals surface area (Å²) in [4.78, 5) is 4.59. The van der Waals surface area contributed by atoms with E-state index in [2.05, 4.69) is 25.5 Å². The number of imidazole rings is 1. The highest BCUT2D eigenvalue weighted by molar-refractivity contribution is 9.10. The molecule has 3 nitrogen and oxygen atoms in total. The van der Waals surface area contributed by atoms with Crippen LogP contribution in [0.15, 0.2) is 28.7 Å². The number of aromatic nitrogens is 2. The van der Waals surface area contributed by atoms with Crippen molar-refractivity contribution in [3.8, 4) is 11.4 Å². The van der Waals surface area contributed by atoms with E-state index in [-0.39, 0.29) is 6.61 Å². The van der Waals surface area contributed by atoms with Crippen molar-refractivity contribution in [2.45, 2.75) is 13.3 Å². The van der Waals surface area contributed by atoms with E-state index < -0.39 is 0 Å². The number of halogens is 1. The van der Waals surface area contributed by atoms with Gasteiger partial charge in [0.25, 0.3) is 0 Å². The molecule has 4 heteroatoms. The van der Waals surface area contributed by atoms with Crippen LogP contribution in [-0.4, -0.2) is 21.3 Å². The van der Waals surface area contributed by atoms with Crippen LogP contribution in [0.25, 0.3) is 11.4 Å². The standard InChI is InChI=1S/C13H15BrN2O/c1-9-12(6-7-17)15-13(16(9)2)10-4-3-5-11(14)8-10/h3-5,8,17H,6-7H2,1-2H3. The Kier molecular flexibility index (Phi) is 3.64. The number of hydrogen-bond donors (Lipinski definition) is 1. The normalized spacial score (nSPS) is 10.8. The summed E-state index contributed by atoms with van der Waals surface area (Å²) >= 11 is 3.46. The van der Waals surface area contributed by atoms with Crippen molar-refractivity contribution < 1.29 is 5.11 Å². The van der Waals surface area contributed by atoms with Gasteiger partial charge in [-0.15, -0.1) is 0 Å². The molecule has 0 saturated heterocycles. The third kappa shape index (κ3) is 2.42. The molecule has 1 N–H and O–H groups in total. The summed E-state index contributed by atoms with van der Waals surface area (Å²) in [5, 5.41) is 9.00. The summed E-state index contributed by atoms with van der Waals surface area (Å²) in [5.74, 6) is 0.937. The van der Waals surface area contributed by atoms with Gasteiger partial charge in [0.15, 0.2) is 0 Å². The molecule has 1 heterocycles. The second-order valence-corrected chi connectivity index (χ2v) is 4.93. The number of nitrogens with zero attached hydrogens (tertiary/aromatic N) is 2. The number of benzene rings is 1. The highest BCUT2D eigenvalue weighted by Crippen LogP contribution is 2.24. The zero-order valence-corrected chi connectivity index (χ0v) is 11.5. The smallest absolute Gasteiger partial charge is 0.140 e. The molecule has 0 radical (unpaired) electrons. The Labute approximate surface area is 109 Å². The molecular formula is C13H15BrN2O. The Bertz CT molecular complexity index is 534. The predicted molar refractivity (Wildman–Crippen MR) is 71.9 cm³/mol. The molecule has 0 bridgehead atoms. The van der Waals surface area contributed by atoms with Crippen LogP contribution in [-0.2, 0) is 13.5 Å². The molecule has 0 spiro atoms. The van der Waals surface area contributed by atoms with E-state index >= 15 is 0 Å². The molecule has 0 fully saturated rings. The lowest BCUT2D eigenvalue weighted by atomic mass is 10.2. The predicted octanol–water partition coefficient (Wildman–Crippen LogP) is 2.69. The molecule has 0 saturated carbocycles. The topological polar surface area (TPSA) is 38.1 Å². The molecule has 0 aliphatic carbocycles.